The molecule has 0 saturated carbocycles. The zero-order chi connectivity index (χ0) is 10.7. The standard InChI is InChI=1S/C11H16N4/c1-14-6-2-3-10(9-12)11(14)15-7-4-13-5-8-15/h2-3,6,11,13H,4-5,7-8H2,1H3. The molecule has 1 saturated heterocycles. The fourth-order valence-electron chi connectivity index (χ4n) is 2.15. The molecule has 1 atom stereocenters. The zero-order valence-electron chi connectivity index (χ0n) is 8.98. The summed E-state index contributed by atoms with van der Waals surface area (Å²) in [5.41, 5.74) is 0.835. The summed E-state index contributed by atoms with van der Waals surface area (Å²) in [5.74, 6) is 0. The van der Waals surface area contributed by atoms with Crippen molar-refractivity contribution in [3.05, 3.63) is 23.9 Å². The van der Waals surface area contributed by atoms with E-state index in [1.807, 2.05) is 25.4 Å². The molecule has 0 aromatic carbocycles. The Morgan fingerprint density at radius 1 is 1.47 bits per heavy atom. The lowest BCUT2D eigenvalue weighted by molar-refractivity contribution is 0.108. The van der Waals surface area contributed by atoms with E-state index in [0.29, 0.717) is 0 Å². The van der Waals surface area contributed by atoms with E-state index in [4.69, 9.17) is 5.26 Å². The van der Waals surface area contributed by atoms with Crippen LogP contribution in [0.1, 0.15) is 0 Å². The number of rotatable bonds is 1. The summed E-state index contributed by atoms with van der Waals surface area (Å²) in [6.07, 6.45) is 5.99. The first kappa shape index (κ1) is 10.2. The Morgan fingerprint density at radius 3 is 2.87 bits per heavy atom. The highest BCUT2D eigenvalue weighted by Crippen LogP contribution is 2.18. The van der Waals surface area contributed by atoms with E-state index < -0.39 is 0 Å². The summed E-state index contributed by atoms with van der Waals surface area (Å²) in [6.45, 7) is 4.02. The van der Waals surface area contributed by atoms with Crippen LogP contribution >= 0.6 is 0 Å². The van der Waals surface area contributed by atoms with Crippen molar-refractivity contribution in [1.29, 1.82) is 5.26 Å². The van der Waals surface area contributed by atoms with E-state index in [9.17, 15) is 0 Å². The van der Waals surface area contributed by atoms with Crippen molar-refractivity contribution in [2.24, 2.45) is 0 Å². The van der Waals surface area contributed by atoms with Crippen LogP contribution < -0.4 is 5.32 Å². The molecule has 80 valence electrons. The van der Waals surface area contributed by atoms with Gasteiger partial charge in [0.05, 0.1) is 11.6 Å². The van der Waals surface area contributed by atoms with E-state index in [2.05, 4.69) is 21.2 Å². The number of nitrogens with one attached hydrogen (secondary N) is 1. The smallest absolute Gasteiger partial charge is 0.118 e. The van der Waals surface area contributed by atoms with Crippen LogP contribution in [0.4, 0.5) is 0 Å². The highest BCUT2D eigenvalue weighted by molar-refractivity contribution is 5.33. The van der Waals surface area contributed by atoms with E-state index in [-0.39, 0.29) is 6.17 Å². The lowest BCUT2D eigenvalue weighted by Crippen LogP contribution is -2.54. The summed E-state index contributed by atoms with van der Waals surface area (Å²) in [7, 11) is 2.02. The van der Waals surface area contributed by atoms with E-state index in [1.54, 1.807) is 0 Å². The Hall–Kier alpha value is -1.31. The second kappa shape index (κ2) is 4.47. The first-order valence-corrected chi connectivity index (χ1v) is 5.28. The predicted octanol–water partition coefficient (Wildman–Crippen LogP) is 0.127. The predicted molar refractivity (Wildman–Crippen MR) is 58.8 cm³/mol. The van der Waals surface area contributed by atoms with Crippen LogP contribution in [0, 0.1) is 11.3 Å². The van der Waals surface area contributed by atoms with E-state index in [1.165, 1.54) is 0 Å². The molecule has 0 spiro atoms. The number of hydrogen-bond acceptors (Lipinski definition) is 4. The van der Waals surface area contributed by atoms with Gasteiger partial charge >= 0.3 is 0 Å². The lowest BCUT2D eigenvalue weighted by atomic mass is 10.1. The van der Waals surface area contributed by atoms with Crippen LogP contribution in [0.3, 0.4) is 0 Å². The average molecular weight is 204 g/mol. The topological polar surface area (TPSA) is 42.3 Å². The average Bonchev–Trinajstić information content (AvgIpc) is 2.29. The van der Waals surface area contributed by atoms with Gasteiger partial charge in [0.15, 0.2) is 0 Å². The molecule has 0 aromatic rings. The van der Waals surface area contributed by atoms with Crippen molar-refractivity contribution in [3.8, 4) is 6.07 Å². The fraction of sp³-hybridized carbons (Fsp3) is 0.545. The van der Waals surface area contributed by atoms with Crippen LogP contribution in [-0.2, 0) is 0 Å². The number of piperazine rings is 1. The lowest BCUT2D eigenvalue weighted by Gasteiger charge is -2.40. The van der Waals surface area contributed by atoms with Gasteiger partial charge in [-0.3, -0.25) is 4.90 Å². The Bertz CT molecular complexity index is 320. The second-order valence-corrected chi connectivity index (χ2v) is 3.90. The maximum Gasteiger partial charge on any atom is 0.118 e. The monoisotopic (exact) mass is 204 g/mol. The first-order valence-electron chi connectivity index (χ1n) is 5.28. The molecule has 2 rings (SSSR count). The molecule has 1 unspecified atom stereocenters. The van der Waals surface area contributed by atoms with Gasteiger partial charge in [-0.15, -0.1) is 0 Å². The van der Waals surface area contributed by atoms with Gasteiger partial charge in [0.2, 0.25) is 0 Å². The number of hydrogen-bond donors (Lipinski definition) is 1. The molecule has 4 heteroatoms. The maximum absolute atomic E-state index is 9.09. The van der Waals surface area contributed by atoms with Gasteiger partial charge < -0.3 is 10.2 Å². The number of nitrogens with zero attached hydrogens (tertiary/aromatic N) is 3. The van der Waals surface area contributed by atoms with Crippen molar-refractivity contribution in [3.63, 3.8) is 0 Å². The molecule has 0 aromatic heterocycles. The molecule has 2 aliphatic heterocycles. The molecule has 0 aliphatic carbocycles. The largest absolute Gasteiger partial charge is 0.360 e. The normalized spacial score (nSPS) is 27.3. The summed E-state index contributed by atoms with van der Waals surface area (Å²) in [4.78, 5) is 4.44. The van der Waals surface area contributed by atoms with Gasteiger partial charge in [0, 0.05) is 39.4 Å². The third-order valence-electron chi connectivity index (χ3n) is 2.89. The third kappa shape index (κ3) is 2.04. The summed E-state index contributed by atoms with van der Waals surface area (Å²) >= 11 is 0. The Kier molecular flexibility index (Phi) is 3.05. The molecular weight excluding hydrogens is 188 g/mol. The van der Waals surface area contributed by atoms with Gasteiger partial charge in [0.25, 0.3) is 0 Å². The highest BCUT2D eigenvalue weighted by Gasteiger charge is 2.27. The maximum atomic E-state index is 9.09. The molecule has 15 heavy (non-hydrogen) atoms. The van der Waals surface area contributed by atoms with Crippen LogP contribution in [0.25, 0.3) is 0 Å². The molecule has 2 aliphatic rings. The highest BCUT2D eigenvalue weighted by atomic mass is 15.4. The number of likely N-dealkylation sites (N-methyl/N-ethyl adjacent to an activating group) is 1. The molecule has 4 nitrogen and oxygen atoms in total. The Balaban J connectivity index is 2.15. The third-order valence-corrected chi connectivity index (χ3v) is 2.89. The van der Waals surface area contributed by atoms with Gasteiger partial charge in [-0.2, -0.15) is 5.26 Å². The van der Waals surface area contributed by atoms with Crippen LogP contribution in [-0.4, -0.2) is 49.2 Å². The molecule has 0 bridgehead atoms. The minimum absolute atomic E-state index is 0.127. The molecule has 2 heterocycles. The van der Waals surface area contributed by atoms with Crippen molar-refractivity contribution in [1.82, 2.24) is 15.1 Å². The summed E-state index contributed by atoms with van der Waals surface area (Å²) in [5, 5.41) is 12.4. The van der Waals surface area contributed by atoms with Gasteiger partial charge in [-0.05, 0) is 12.2 Å². The SMILES string of the molecule is CN1C=CC=C(C#N)C1N1CCNCC1. The molecule has 0 radical (unpaired) electrons. The van der Waals surface area contributed by atoms with Gasteiger partial charge in [0.1, 0.15) is 6.17 Å². The summed E-state index contributed by atoms with van der Waals surface area (Å²) < 4.78 is 0. The molecular formula is C11H16N4. The second-order valence-electron chi connectivity index (χ2n) is 3.90. The van der Waals surface area contributed by atoms with Gasteiger partial charge in [-0.1, -0.05) is 0 Å². The van der Waals surface area contributed by atoms with Crippen LogP contribution in [0.2, 0.25) is 0 Å². The number of nitriles is 1. The molecule has 1 N–H and O–H groups in total. The van der Waals surface area contributed by atoms with E-state index >= 15 is 0 Å². The van der Waals surface area contributed by atoms with Crippen LogP contribution in [0.5, 0.6) is 0 Å². The zero-order valence-corrected chi connectivity index (χ0v) is 8.98. The van der Waals surface area contributed by atoms with Crippen molar-refractivity contribution in [2.75, 3.05) is 33.2 Å². The van der Waals surface area contributed by atoms with Gasteiger partial charge in [-0.25, -0.2) is 0 Å². The minimum atomic E-state index is 0.127. The first-order chi connectivity index (χ1) is 7.33. The summed E-state index contributed by atoms with van der Waals surface area (Å²) in [6, 6.07) is 2.29. The van der Waals surface area contributed by atoms with Crippen molar-refractivity contribution < 1.29 is 0 Å². The fourth-order valence-corrected chi connectivity index (χ4v) is 2.15. The minimum Gasteiger partial charge on any atom is -0.360 e. The van der Waals surface area contributed by atoms with E-state index in [0.717, 1.165) is 31.8 Å². The van der Waals surface area contributed by atoms with Crippen LogP contribution in [0.15, 0.2) is 23.9 Å². The number of allylic oxidation sites excluding steroid dienone is 2. The van der Waals surface area contributed by atoms with Crippen molar-refractivity contribution in [2.45, 2.75) is 6.17 Å². The molecule has 0 amide bonds. The Labute approximate surface area is 90.5 Å². The van der Waals surface area contributed by atoms with Crippen molar-refractivity contribution >= 4 is 0 Å². The quantitative estimate of drug-likeness (QED) is 0.659. The molecule has 1 fully saturated rings. The Morgan fingerprint density at radius 2 is 2.20 bits per heavy atom.